The van der Waals surface area contributed by atoms with Crippen molar-refractivity contribution in [2.24, 2.45) is 0 Å². The molecule has 1 heterocycles. The Morgan fingerprint density at radius 3 is 2.83 bits per heavy atom. The first kappa shape index (κ1) is 3.97. The van der Waals surface area contributed by atoms with Gasteiger partial charge >= 0.3 is 7.95 Å². The lowest BCUT2D eigenvalue weighted by molar-refractivity contribution is 0.588. The summed E-state index contributed by atoms with van der Waals surface area (Å²) in [6.07, 6.45) is 1.86. The third-order valence-corrected chi connectivity index (χ3v) is 1.58. The van der Waals surface area contributed by atoms with Crippen LogP contribution in [0.5, 0.6) is 0 Å². The first-order valence-electron chi connectivity index (χ1n) is 1.76. The molecule has 32 valence electrons. The van der Waals surface area contributed by atoms with E-state index in [0.717, 1.165) is 6.54 Å². The standard InChI is InChI=1S/C3H5NOP/c5-6-3-1-2-4-6/h1,3H,2H2,(H,4,5)/q+1. The predicted molar refractivity (Wildman–Crippen MR) is 24.7 cm³/mol. The zero-order valence-electron chi connectivity index (χ0n) is 3.22. The Morgan fingerprint density at radius 2 is 2.67 bits per heavy atom. The van der Waals surface area contributed by atoms with Gasteiger partial charge in [-0.1, -0.05) is 0 Å². The topological polar surface area (TPSA) is 29.1 Å². The Kier molecular flexibility index (Phi) is 0.992. The van der Waals surface area contributed by atoms with E-state index in [1.54, 1.807) is 5.82 Å². The molecule has 0 aromatic carbocycles. The molecule has 0 radical (unpaired) electrons. The van der Waals surface area contributed by atoms with Crippen LogP contribution >= 0.6 is 7.95 Å². The summed E-state index contributed by atoms with van der Waals surface area (Å²) in [5.74, 6) is 1.68. The molecule has 0 saturated carbocycles. The zero-order chi connectivity index (χ0) is 4.41. The maximum atomic E-state index is 10.2. The Morgan fingerprint density at radius 1 is 1.83 bits per heavy atom. The summed E-state index contributed by atoms with van der Waals surface area (Å²) in [7, 11) is -1.15. The fourth-order valence-corrected chi connectivity index (χ4v) is 1.03. The van der Waals surface area contributed by atoms with Gasteiger partial charge in [-0.05, 0) is 10.6 Å². The maximum absolute atomic E-state index is 10.2. The summed E-state index contributed by atoms with van der Waals surface area (Å²) in [6.45, 7) is 0.773. The Bertz CT molecular complexity index is 99.0. The van der Waals surface area contributed by atoms with Gasteiger partial charge < -0.3 is 0 Å². The van der Waals surface area contributed by atoms with Crippen LogP contribution in [0.2, 0.25) is 0 Å². The molecule has 1 aliphatic rings. The van der Waals surface area contributed by atoms with E-state index in [0.29, 0.717) is 0 Å². The summed E-state index contributed by atoms with van der Waals surface area (Å²) < 4.78 is 10.2. The lowest BCUT2D eigenvalue weighted by Crippen LogP contribution is -1.92. The number of rotatable bonds is 0. The minimum atomic E-state index is -1.15. The average Bonchev–Trinajstić information content (AvgIpc) is 1.86. The number of hydrogen-bond acceptors (Lipinski definition) is 1. The predicted octanol–water partition coefficient (Wildman–Crippen LogP) is 0.846. The second-order valence-corrected chi connectivity index (χ2v) is 2.34. The highest BCUT2D eigenvalue weighted by molar-refractivity contribution is 7.46. The van der Waals surface area contributed by atoms with Crippen LogP contribution in [0.4, 0.5) is 0 Å². The second-order valence-electron chi connectivity index (χ2n) is 1.07. The minimum absolute atomic E-state index is 0.773. The highest BCUT2D eigenvalue weighted by atomic mass is 31.1. The average molecular weight is 102 g/mol. The van der Waals surface area contributed by atoms with Crippen molar-refractivity contribution in [3.63, 3.8) is 0 Å². The molecule has 0 spiro atoms. The third-order valence-electron chi connectivity index (χ3n) is 0.606. The van der Waals surface area contributed by atoms with Gasteiger partial charge in [-0.25, -0.2) is 0 Å². The van der Waals surface area contributed by atoms with Crippen LogP contribution < -0.4 is 5.09 Å². The quantitative estimate of drug-likeness (QED) is 0.459. The fourth-order valence-electron chi connectivity index (χ4n) is 0.344. The molecule has 2 nitrogen and oxygen atoms in total. The van der Waals surface area contributed by atoms with Gasteiger partial charge in [0.2, 0.25) is 0 Å². The van der Waals surface area contributed by atoms with Gasteiger partial charge in [0, 0.05) is 0 Å². The van der Waals surface area contributed by atoms with E-state index in [9.17, 15) is 4.57 Å². The first-order chi connectivity index (χ1) is 2.89. The van der Waals surface area contributed by atoms with Crippen molar-refractivity contribution in [1.82, 2.24) is 5.09 Å². The van der Waals surface area contributed by atoms with Gasteiger partial charge in [0.25, 0.3) is 0 Å². The van der Waals surface area contributed by atoms with Gasteiger partial charge in [-0.3, -0.25) is 0 Å². The smallest absolute Gasteiger partial charge is 0.101 e. The van der Waals surface area contributed by atoms with E-state index in [-0.39, 0.29) is 0 Å². The molecule has 1 N–H and O–H groups in total. The molecule has 6 heavy (non-hydrogen) atoms. The molecule has 1 aliphatic heterocycles. The summed E-state index contributed by atoms with van der Waals surface area (Å²) >= 11 is 0. The van der Waals surface area contributed by atoms with E-state index < -0.39 is 7.95 Å². The molecule has 0 aliphatic carbocycles. The van der Waals surface area contributed by atoms with Crippen LogP contribution in [0.3, 0.4) is 0 Å². The van der Waals surface area contributed by atoms with Crippen molar-refractivity contribution in [2.45, 2.75) is 0 Å². The Labute approximate surface area is 37.1 Å². The first-order valence-corrected chi connectivity index (χ1v) is 3.09. The van der Waals surface area contributed by atoms with Crippen molar-refractivity contribution in [2.75, 3.05) is 6.54 Å². The van der Waals surface area contributed by atoms with Crippen LogP contribution in [-0.2, 0) is 4.57 Å². The monoisotopic (exact) mass is 102 g/mol. The summed E-state index contributed by atoms with van der Waals surface area (Å²) in [5, 5.41) is 2.72. The van der Waals surface area contributed by atoms with E-state index in [4.69, 9.17) is 0 Å². The molecule has 1 rings (SSSR count). The van der Waals surface area contributed by atoms with E-state index in [1.165, 1.54) is 0 Å². The van der Waals surface area contributed by atoms with E-state index in [1.807, 2.05) is 6.08 Å². The van der Waals surface area contributed by atoms with Gasteiger partial charge in [-0.15, -0.1) is 5.09 Å². The van der Waals surface area contributed by atoms with Crippen LogP contribution in [0.25, 0.3) is 0 Å². The molecular formula is C3H5NOP+. The van der Waals surface area contributed by atoms with Crippen LogP contribution in [-0.4, -0.2) is 6.54 Å². The highest BCUT2D eigenvalue weighted by Crippen LogP contribution is 2.19. The van der Waals surface area contributed by atoms with Crippen molar-refractivity contribution >= 4 is 7.95 Å². The normalized spacial score (nSPS) is 25.7. The Hall–Kier alpha value is -0.200. The van der Waals surface area contributed by atoms with Crippen LogP contribution in [0, 0.1) is 0 Å². The molecule has 0 amide bonds. The lowest BCUT2D eigenvalue weighted by atomic mass is 10.7. The molecule has 1 unspecified atom stereocenters. The van der Waals surface area contributed by atoms with Crippen LogP contribution in [0.15, 0.2) is 11.9 Å². The molecular weight excluding hydrogens is 97.0 g/mol. The molecule has 0 fully saturated rings. The second kappa shape index (κ2) is 1.50. The zero-order valence-corrected chi connectivity index (χ0v) is 4.11. The number of nitrogens with one attached hydrogen (secondary N) is 1. The van der Waals surface area contributed by atoms with Crippen molar-refractivity contribution < 1.29 is 4.57 Å². The molecule has 3 heteroatoms. The van der Waals surface area contributed by atoms with Gasteiger partial charge in [0.15, 0.2) is 5.82 Å². The molecule has 0 aromatic rings. The minimum Gasteiger partial charge on any atom is -0.101 e. The summed E-state index contributed by atoms with van der Waals surface area (Å²) in [4.78, 5) is 0. The Balaban J connectivity index is 2.59. The summed E-state index contributed by atoms with van der Waals surface area (Å²) in [5.41, 5.74) is 0. The highest BCUT2D eigenvalue weighted by Gasteiger charge is 2.12. The fraction of sp³-hybridized carbons (Fsp3) is 0.333. The van der Waals surface area contributed by atoms with Gasteiger partial charge in [0.05, 0.1) is 6.54 Å². The van der Waals surface area contributed by atoms with Crippen LogP contribution in [0.1, 0.15) is 0 Å². The van der Waals surface area contributed by atoms with Gasteiger partial charge in [-0.2, -0.15) is 0 Å². The molecule has 0 aromatic heterocycles. The van der Waals surface area contributed by atoms with Crippen molar-refractivity contribution in [3.05, 3.63) is 11.9 Å². The van der Waals surface area contributed by atoms with Gasteiger partial charge in [0.1, 0.15) is 0 Å². The third kappa shape index (κ3) is 0.644. The SMILES string of the molecule is O=[P+]1C=CCN1. The van der Waals surface area contributed by atoms with E-state index >= 15 is 0 Å². The number of hydrogen-bond donors (Lipinski definition) is 1. The molecule has 0 saturated heterocycles. The summed E-state index contributed by atoms with van der Waals surface area (Å²) in [6, 6.07) is 0. The largest absolute Gasteiger partial charge is 0.463 e. The maximum Gasteiger partial charge on any atom is 0.463 e. The molecule has 1 atom stereocenters. The van der Waals surface area contributed by atoms with E-state index in [2.05, 4.69) is 5.09 Å². The lowest BCUT2D eigenvalue weighted by Gasteiger charge is -1.63. The molecule has 0 bridgehead atoms. The van der Waals surface area contributed by atoms with Crippen molar-refractivity contribution in [3.8, 4) is 0 Å². The van der Waals surface area contributed by atoms with Crippen molar-refractivity contribution in [1.29, 1.82) is 0 Å².